The number of phenolic OH excluding ortho intramolecular Hbond substituents is 2. The van der Waals surface area contributed by atoms with Crippen molar-refractivity contribution in [2.75, 3.05) is 7.11 Å². The van der Waals surface area contributed by atoms with Crippen LogP contribution in [0.25, 0.3) is 0 Å². The Morgan fingerprint density at radius 1 is 0.646 bits per heavy atom. The highest BCUT2D eigenvalue weighted by atomic mass is 16.5. The Hall–Kier alpha value is -5.68. The number of carbonyl (C=O) groups excluding carboxylic acids is 2. The molecule has 3 aliphatic rings. The van der Waals surface area contributed by atoms with Gasteiger partial charge in [-0.25, -0.2) is 9.59 Å². The molecule has 11 heteroatoms. The van der Waals surface area contributed by atoms with Crippen molar-refractivity contribution in [3.8, 4) is 23.0 Å². The second-order valence-electron chi connectivity index (χ2n) is 12.8. The Labute approximate surface area is 273 Å². The molecule has 2 atom stereocenters. The summed E-state index contributed by atoms with van der Waals surface area (Å²) in [5, 5.41) is 64.9. The van der Waals surface area contributed by atoms with E-state index < -0.39 is 57.1 Å². The molecule has 11 nitrogen and oxygen atoms in total. The Morgan fingerprint density at radius 2 is 1.17 bits per heavy atom. The molecule has 7 rings (SSSR count). The fraction of sp³-hybridized carbons (Fsp3) is 0.243. The second-order valence-corrected chi connectivity index (χ2v) is 12.8. The van der Waals surface area contributed by atoms with Crippen LogP contribution in [0.2, 0.25) is 0 Å². The van der Waals surface area contributed by atoms with Gasteiger partial charge in [0.2, 0.25) is 0 Å². The average Bonchev–Trinajstić information content (AvgIpc) is 3.00. The standard InChI is InChI=1S/C37H30O11/c1-13-6-7-17-27(30(13)40)32(42)23-15(3)25(34(44)45)21(38)11-18(23)36(17)8-9-37(48-5)19-12-22(39)26(35(46)47)16(4)24(19)33(43)28-29(37)20(36)10-14(2)31(28)41/h6-7,10-12,38-41H,8-9H2,1-5H3,(H,44,45)(H,46,47)/t36-,37?/m0/s1. The van der Waals surface area contributed by atoms with E-state index >= 15 is 0 Å². The van der Waals surface area contributed by atoms with E-state index in [4.69, 9.17) is 4.74 Å². The van der Waals surface area contributed by atoms with Gasteiger partial charge in [0, 0.05) is 34.8 Å². The first-order chi connectivity index (χ1) is 22.6. The minimum absolute atomic E-state index is 0.00610. The van der Waals surface area contributed by atoms with Crippen molar-refractivity contribution in [1.82, 2.24) is 0 Å². The molecule has 48 heavy (non-hydrogen) atoms. The van der Waals surface area contributed by atoms with Gasteiger partial charge in [-0.1, -0.05) is 18.2 Å². The third kappa shape index (κ3) is 3.40. The molecule has 3 aliphatic carbocycles. The molecule has 0 aromatic heterocycles. The van der Waals surface area contributed by atoms with Gasteiger partial charge in [0.15, 0.2) is 11.6 Å². The molecule has 1 spiro atoms. The highest BCUT2D eigenvalue weighted by Crippen LogP contribution is 2.63. The molecule has 0 saturated heterocycles. The van der Waals surface area contributed by atoms with E-state index in [9.17, 15) is 49.8 Å². The maximum Gasteiger partial charge on any atom is 0.339 e. The van der Waals surface area contributed by atoms with E-state index in [2.05, 4.69) is 0 Å². The monoisotopic (exact) mass is 650 g/mol. The number of carboxylic acid groups (broad SMARTS) is 2. The summed E-state index contributed by atoms with van der Waals surface area (Å²) in [7, 11) is 1.40. The predicted octanol–water partition coefficient (Wildman–Crippen LogP) is 5.25. The van der Waals surface area contributed by atoms with Crippen LogP contribution in [0.3, 0.4) is 0 Å². The zero-order valence-corrected chi connectivity index (χ0v) is 26.5. The lowest BCUT2D eigenvalue weighted by Crippen LogP contribution is -2.49. The van der Waals surface area contributed by atoms with Crippen LogP contribution in [-0.2, 0) is 15.8 Å². The summed E-state index contributed by atoms with van der Waals surface area (Å²) in [6, 6.07) is 7.41. The third-order valence-corrected chi connectivity index (χ3v) is 10.7. The third-order valence-electron chi connectivity index (χ3n) is 10.7. The zero-order valence-electron chi connectivity index (χ0n) is 26.5. The van der Waals surface area contributed by atoms with Gasteiger partial charge < -0.3 is 35.4 Å². The number of aryl methyl sites for hydroxylation is 2. The van der Waals surface area contributed by atoms with Crippen molar-refractivity contribution in [3.63, 3.8) is 0 Å². The summed E-state index contributed by atoms with van der Waals surface area (Å²) in [5.41, 5.74) is -2.07. The van der Waals surface area contributed by atoms with Gasteiger partial charge in [0.05, 0.1) is 11.1 Å². The number of methoxy groups -OCH3 is 1. The number of fused-ring (bicyclic) bond motifs is 7. The first-order valence-corrected chi connectivity index (χ1v) is 15.1. The van der Waals surface area contributed by atoms with Gasteiger partial charge in [-0.3, -0.25) is 9.59 Å². The normalized spacial score (nSPS) is 20.2. The molecule has 0 heterocycles. The van der Waals surface area contributed by atoms with Crippen molar-refractivity contribution in [2.24, 2.45) is 0 Å². The number of phenols is 4. The van der Waals surface area contributed by atoms with E-state index in [1.165, 1.54) is 33.1 Å². The van der Waals surface area contributed by atoms with E-state index in [0.717, 1.165) is 0 Å². The van der Waals surface area contributed by atoms with Crippen LogP contribution in [0.4, 0.5) is 0 Å². The number of aromatic hydroxyl groups is 4. The summed E-state index contributed by atoms with van der Waals surface area (Å²) in [6.45, 7) is 6.02. The highest BCUT2D eigenvalue weighted by Gasteiger charge is 2.59. The van der Waals surface area contributed by atoms with Crippen LogP contribution >= 0.6 is 0 Å². The molecule has 0 aliphatic heterocycles. The lowest BCUT2D eigenvalue weighted by Gasteiger charge is -2.53. The molecule has 1 unspecified atom stereocenters. The molecule has 244 valence electrons. The molecule has 0 amide bonds. The number of carbonyl (C=O) groups is 4. The molecular weight excluding hydrogens is 620 g/mol. The number of hydrogen-bond donors (Lipinski definition) is 6. The van der Waals surface area contributed by atoms with Gasteiger partial charge in [-0.2, -0.15) is 0 Å². The summed E-state index contributed by atoms with van der Waals surface area (Å²) in [5.74, 6) is -6.07. The van der Waals surface area contributed by atoms with E-state index in [1.54, 1.807) is 32.0 Å². The molecule has 4 aromatic rings. The number of carboxylic acids is 2. The minimum Gasteiger partial charge on any atom is -0.507 e. The maximum atomic E-state index is 14.5. The fourth-order valence-electron chi connectivity index (χ4n) is 8.61. The van der Waals surface area contributed by atoms with Gasteiger partial charge in [0.25, 0.3) is 0 Å². The van der Waals surface area contributed by atoms with Gasteiger partial charge in [0.1, 0.15) is 39.7 Å². The summed E-state index contributed by atoms with van der Waals surface area (Å²) in [4.78, 5) is 53.3. The van der Waals surface area contributed by atoms with Crippen LogP contribution in [-0.4, -0.2) is 61.3 Å². The van der Waals surface area contributed by atoms with Gasteiger partial charge in [-0.05, 0) is 91.6 Å². The Kier molecular flexibility index (Phi) is 6.24. The van der Waals surface area contributed by atoms with Crippen LogP contribution in [0.5, 0.6) is 23.0 Å². The number of ether oxygens (including phenoxy) is 1. The summed E-state index contributed by atoms with van der Waals surface area (Å²) < 4.78 is 6.27. The molecule has 6 N–H and O–H groups in total. The minimum atomic E-state index is -1.52. The Bertz CT molecular complexity index is 2260. The van der Waals surface area contributed by atoms with Crippen molar-refractivity contribution >= 4 is 23.5 Å². The van der Waals surface area contributed by atoms with Crippen molar-refractivity contribution in [2.45, 2.75) is 51.6 Å². The summed E-state index contributed by atoms with van der Waals surface area (Å²) in [6.07, 6.45) is 0.145. The average molecular weight is 651 g/mol. The summed E-state index contributed by atoms with van der Waals surface area (Å²) >= 11 is 0. The quantitative estimate of drug-likeness (QED) is 0.169. The SMILES string of the molecule is COC12CC[C@]3(c4cc(O)c(C(=O)O)c(C)c4C(=O)c4c3ccc(C)c4O)c3cc(C)c(O)c(c31)C(=O)c1c2cc(O)c(C(=O)O)c1C. The molecule has 0 fully saturated rings. The van der Waals surface area contributed by atoms with Crippen molar-refractivity contribution in [3.05, 3.63) is 114 Å². The highest BCUT2D eigenvalue weighted by molar-refractivity contribution is 6.19. The van der Waals surface area contributed by atoms with E-state index in [-0.39, 0.29) is 80.0 Å². The zero-order chi connectivity index (χ0) is 34.9. The molecular formula is C37H30O11. The number of ketones is 2. The molecule has 0 radical (unpaired) electrons. The lowest BCUT2D eigenvalue weighted by molar-refractivity contribution is -0.00179. The van der Waals surface area contributed by atoms with Crippen LogP contribution in [0, 0.1) is 27.7 Å². The van der Waals surface area contributed by atoms with E-state index in [1.807, 2.05) is 0 Å². The Morgan fingerprint density at radius 3 is 1.73 bits per heavy atom. The topological polar surface area (TPSA) is 199 Å². The molecule has 0 bridgehead atoms. The maximum absolute atomic E-state index is 14.5. The second kappa shape index (κ2) is 9.68. The van der Waals surface area contributed by atoms with Crippen molar-refractivity contribution in [1.29, 1.82) is 0 Å². The molecule has 4 aromatic carbocycles. The van der Waals surface area contributed by atoms with E-state index in [0.29, 0.717) is 16.7 Å². The number of rotatable bonds is 3. The van der Waals surface area contributed by atoms with Gasteiger partial charge >= 0.3 is 11.9 Å². The first kappa shape index (κ1) is 30.9. The number of aromatic carboxylic acids is 2. The van der Waals surface area contributed by atoms with Crippen LogP contribution < -0.4 is 0 Å². The lowest BCUT2D eigenvalue weighted by atomic mass is 9.51. The fourth-order valence-corrected chi connectivity index (χ4v) is 8.61. The predicted molar refractivity (Wildman–Crippen MR) is 169 cm³/mol. The Balaban J connectivity index is 1.71. The molecule has 0 saturated carbocycles. The smallest absolute Gasteiger partial charge is 0.339 e. The van der Waals surface area contributed by atoms with Crippen LogP contribution in [0.1, 0.15) is 115 Å². The first-order valence-electron chi connectivity index (χ1n) is 15.1. The number of benzene rings is 4. The van der Waals surface area contributed by atoms with Gasteiger partial charge in [-0.15, -0.1) is 0 Å². The number of hydrogen-bond acceptors (Lipinski definition) is 9. The van der Waals surface area contributed by atoms with Crippen LogP contribution in [0.15, 0.2) is 30.3 Å². The largest absolute Gasteiger partial charge is 0.507 e. The van der Waals surface area contributed by atoms with Crippen molar-refractivity contribution < 1.29 is 54.6 Å².